The van der Waals surface area contributed by atoms with Gasteiger partial charge in [0, 0.05) is 5.02 Å². The summed E-state index contributed by atoms with van der Waals surface area (Å²) in [5, 5.41) is 3.32. The number of nitrogens with one attached hydrogen (secondary N) is 2. The van der Waals surface area contributed by atoms with Gasteiger partial charge < -0.3 is 9.72 Å². The van der Waals surface area contributed by atoms with Gasteiger partial charge in [-0.2, -0.15) is 0 Å². The van der Waals surface area contributed by atoms with Crippen molar-refractivity contribution in [2.24, 2.45) is 0 Å². The molecular formula is C16H14ClN3O2. The van der Waals surface area contributed by atoms with E-state index in [0.717, 1.165) is 11.0 Å². The van der Waals surface area contributed by atoms with E-state index in [2.05, 4.69) is 15.3 Å². The zero-order chi connectivity index (χ0) is 15.5. The molecule has 0 bridgehead atoms. The summed E-state index contributed by atoms with van der Waals surface area (Å²) >= 11 is 5.81. The fraction of sp³-hybridized carbons (Fsp3) is 0.125. The highest BCUT2D eigenvalue weighted by molar-refractivity contribution is 6.30. The average Bonchev–Trinajstić information content (AvgIpc) is 2.91. The lowest BCUT2D eigenvalue weighted by molar-refractivity contribution is -0.122. The van der Waals surface area contributed by atoms with Gasteiger partial charge in [0.1, 0.15) is 5.75 Å². The second-order valence-corrected chi connectivity index (χ2v) is 5.24. The number of anilines is 1. The molecule has 0 aliphatic heterocycles. The molecule has 3 rings (SSSR count). The van der Waals surface area contributed by atoms with Crippen molar-refractivity contribution in [2.45, 2.75) is 13.0 Å². The number of para-hydroxylation sites is 2. The molecule has 1 heterocycles. The predicted molar refractivity (Wildman–Crippen MR) is 86.3 cm³/mol. The average molecular weight is 316 g/mol. The zero-order valence-corrected chi connectivity index (χ0v) is 12.6. The van der Waals surface area contributed by atoms with Gasteiger partial charge in [-0.3, -0.25) is 10.1 Å². The van der Waals surface area contributed by atoms with E-state index in [9.17, 15) is 4.79 Å². The second kappa shape index (κ2) is 6.07. The number of carbonyl (C=O) groups excluding carboxylic acids is 1. The maximum absolute atomic E-state index is 12.1. The Labute approximate surface area is 132 Å². The number of aromatic amines is 1. The Morgan fingerprint density at radius 3 is 2.68 bits per heavy atom. The number of benzene rings is 2. The Kier molecular flexibility index (Phi) is 3.98. The number of imidazole rings is 1. The normalized spacial score (nSPS) is 12.1. The van der Waals surface area contributed by atoms with Gasteiger partial charge in [0.15, 0.2) is 6.10 Å². The standard InChI is InChI=1S/C16H14ClN3O2/c1-10(22-12-8-6-11(17)7-9-12)15(21)20-16-18-13-4-2-3-5-14(13)19-16/h2-10H,1H3,(H2,18,19,20,21)/t10-/m0/s1. The number of ether oxygens (including phenoxy) is 1. The lowest BCUT2D eigenvalue weighted by Gasteiger charge is -2.13. The first kappa shape index (κ1) is 14.4. The molecule has 3 aromatic rings. The first-order chi connectivity index (χ1) is 10.6. The summed E-state index contributed by atoms with van der Waals surface area (Å²) in [7, 11) is 0. The highest BCUT2D eigenvalue weighted by Gasteiger charge is 2.16. The monoisotopic (exact) mass is 315 g/mol. The largest absolute Gasteiger partial charge is 0.481 e. The van der Waals surface area contributed by atoms with Crippen molar-refractivity contribution in [3.63, 3.8) is 0 Å². The number of hydrogen-bond acceptors (Lipinski definition) is 3. The minimum atomic E-state index is -0.658. The second-order valence-electron chi connectivity index (χ2n) is 4.81. The van der Waals surface area contributed by atoms with Crippen LogP contribution in [0.4, 0.5) is 5.95 Å². The third kappa shape index (κ3) is 3.20. The van der Waals surface area contributed by atoms with E-state index in [0.29, 0.717) is 16.7 Å². The van der Waals surface area contributed by atoms with Gasteiger partial charge in [0.2, 0.25) is 5.95 Å². The molecule has 6 heteroatoms. The van der Waals surface area contributed by atoms with Crippen LogP contribution in [-0.2, 0) is 4.79 Å². The van der Waals surface area contributed by atoms with Crippen LogP contribution in [0.2, 0.25) is 5.02 Å². The Balaban J connectivity index is 1.66. The van der Waals surface area contributed by atoms with Crippen LogP contribution in [0.3, 0.4) is 0 Å². The van der Waals surface area contributed by atoms with E-state index in [-0.39, 0.29) is 5.91 Å². The van der Waals surface area contributed by atoms with E-state index in [1.807, 2.05) is 24.3 Å². The van der Waals surface area contributed by atoms with E-state index >= 15 is 0 Å². The van der Waals surface area contributed by atoms with Crippen molar-refractivity contribution >= 4 is 34.5 Å². The first-order valence-corrected chi connectivity index (χ1v) is 7.17. The van der Waals surface area contributed by atoms with E-state index in [1.165, 1.54) is 0 Å². The third-order valence-corrected chi connectivity index (χ3v) is 3.38. The molecule has 0 aliphatic carbocycles. The lowest BCUT2D eigenvalue weighted by Crippen LogP contribution is -2.30. The van der Waals surface area contributed by atoms with Crippen molar-refractivity contribution < 1.29 is 9.53 Å². The number of rotatable bonds is 4. The summed E-state index contributed by atoms with van der Waals surface area (Å²) in [6, 6.07) is 14.4. The number of fused-ring (bicyclic) bond motifs is 1. The number of nitrogens with zero attached hydrogens (tertiary/aromatic N) is 1. The van der Waals surface area contributed by atoms with Gasteiger partial charge >= 0.3 is 0 Å². The number of aromatic nitrogens is 2. The molecule has 0 saturated heterocycles. The van der Waals surface area contributed by atoms with Crippen LogP contribution in [0.5, 0.6) is 5.75 Å². The van der Waals surface area contributed by atoms with Crippen LogP contribution in [0.1, 0.15) is 6.92 Å². The molecule has 1 amide bonds. The van der Waals surface area contributed by atoms with Crippen molar-refractivity contribution in [1.82, 2.24) is 9.97 Å². The van der Waals surface area contributed by atoms with Crippen LogP contribution >= 0.6 is 11.6 Å². The summed E-state index contributed by atoms with van der Waals surface area (Å²) in [6.45, 7) is 1.67. The van der Waals surface area contributed by atoms with Gasteiger partial charge in [0.05, 0.1) is 11.0 Å². The SMILES string of the molecule is C[C@H](Oc1ccc(Cl)cc1)C(=O)Nc1nc2ccccc2[nH]1. The molecule has 0 spiro atoms. The van der Waals surface area contributed by atoms with Gasteiger partial charge in [0.25, 0.3) is 5.91 Å². The fourth-order valence-electron chi connectivity index (χ4n) is 2.00. The third-order valence-electron chi connectivity index (χ3n) is 3.13. The summed E-state index contributed by atoms with van der Waals surface area (Å²) in [5.74, 6) is 0.698. The predicted octanol–water partition coefficient (Wildman–Crippen LogP) is 3.62. The summed E-state index contributed by atoms with van der Waals surface area (Å²) in [5.41, 5.74) is 1.66. The quantitative estimate of drug-likeness (QED) is 0.772. The Bertz CT molecular complexity index is 766. The van der Waals surface area contributed by atoms with Crippen molar-refractivity contribution in [3.05, 3.63) is 53.6 Å². The minimum Gasteiger partial charge on any atom is -0.481 e. The molecule has 0 unspecified atom stereocenters. The molecular weight excluding hydrogens is 302 g/mol. The molecule has 0 fully saturated rings. The van der Waals surface area contributed by atoms with Crippen LogP contribution in [0.15, 0.2) is 48.5 Å². The zero-order valence-electron chi connectivity index (χ0n) is 11.8. The van der Waals surface area contributed by atoms with Gasteiger partial charge in [-0.15, -0.1) is 0 Å². The van der Waals surface area contributed by atoms with Crippen molar-refractivity contribution in [2.75, 3.05) is 5.32 Å². The van der Waals surface area contributed by atoms with Crippen molar-refractivity contribution in [1.29, 1.82) is 0 Å². The molecule has 1 atom stereocenters. The molecule has 112 valence electrons. The van der Waals surface area contributed by atoms with Gasteiger partial charge in [-0.1, -0.05) is 23.7 Å². The van der Waals surface area contributed by atoms with E-state index < -0.39 is 6.10 Å². The van der Waals surface area contributed by atoms with Crippen LogP contribution in [0.25, 0.3) is 11.0 Å². The number of H-pyrrole nitrogens is 1. The van der Waals surface area contributed by atoms with E-state index in [4.69, 9.17) is 16.3 Å². The highest BCUT2D eigenvalue weighted by Crippen LogP contribution is 2.18. The maximum atomic E-state index is 12.1. The first-order valence-electron chi connectivity index (χ1n) is 6.79. The number of carbonyl (C=O) groups is 1. The molecule has 2 aromatic carbocycles. The maximum Gasteiger partial charge on any atom is 0.267 e. The van der Waals surface area contributed by atoms with Crippen LogP contribution in [-0.4, -0.2) is 22.0 Å². The summed E-state index contributed by atoms with van der Waals surface area (Å²) in [4.78, 5) is 19.5. The molecule has 2 N–H and O–H groups in total. The molecule has 22 heavy (non-hydrogen) atoms. The molecule has 0 saturated carbocycles. The number of hydrogen-bond donors (Lipinski definition) is 2. The van der Waals surface area contributed by atoms with Gasteiger partial charge in [-0.05, 0) is 43.3 Å². The Hall–Kier alpha value is -2.53. The Morgan fingerprint density at radius 2 is 1.95 bits per heavy atom. The number of amides is 1. The van der Waals surface area contributed by atoms with Crippen molar-refractivity contribution in [3.8, 4) is 5.75 Å². The molecule has 0 radical (unpaired) electrons. The van der Waals surface area contributed by atoms with Crippen LogP contribution < -0.4 is 10.1 Å². The minimum absolute atomic E-state index is 0.283. The molecule has 0 aliphatic rings. The smallest absolute Gasteiger partial charge is 0.267 e. The fourth-order valence-corrected chi connectivity index (χ4v) is 2.13. The highest BCUT2D eigenvalue weighted by atomic mass is 35.5. The number of halogens is 1. The van der Waals surface area contributed by atoms with E-state index in [1.54, 1.807) is 31.2 Å². The molecule has 5 nitrogen and oxygen atoms in total. The lowest BCUT2D eigenvalue weighted by atomic mass is 10.3. The van der Waals surface area contributed by atoms with Crippen LogP contribution in [0, 0.1) is 0 Å². The summed E-state index contributed by atoms with van der Waals surface area (Å²) < 4.78 is 5.57. The topological polar surface area (TPSA) is 67.0 Å². The van der Waals surface area contributed by atoms with Gasteiger partial charge in [-0.25, -0.2) is 4.98 Å². The summed E-state index contributed by atoms with van der Waals surface area (Å²) in [6.07, 6.45) is -0.658. The molecule has 1 aromatic heterocycles. The Morgan fingerprint density at radius 1 is 1.23 bits per heavy atom.